The van der Waals surface area contributed by atoms with E-state index in [4.69, 9.17) is 0 Å². The molecule has 0 unspecified atom stereocenters. The molecule has 0 saturated heterocycles. The van der Waals surface area contributed by atoms with E-state index in [1.165, 1.54) is 205 Å². The quantitative estimate of drug-likeness (QED) is 0.0563. The monoisotopic (exact) mass is 569 g/mol. The lowest BCUT2D eigenvalue weighted by molar-refractivity contribution is 0.291. The van der Waals surface area contributed by atoms with Gasteiger partial charge in [0.25, 0.3) is 0 Å². The van der Waals surface area contributed by atoms with Crippen molar-refractivity contribution in [3.63, 3.8) is 0 Å². The molecule has 0 heterocycles. The summed E-state index contributed by atoms with van der Waals surface area (Å²) in [6.07, 6.45) is 39.0. The van der Waals surface area contributed by atoms with Crippen LogP contribution in [0.5, 0.6) is 0 Å². The normalized spacial score (nSPS) is 11.8. The van der Waals surface area contributed by atoms with Gasteiger partial charge in [0.15, 0.2) is 0 Å². The molecular weight excluding hydrogens is 492 g/mol. The molecular formula is C36H76N2S. The van der Waals surface area contributed by atoms with Crippen molar-refractivity contribution in [2.45, 2.75) is 187 Å². The van der Waals surface area contributed by atoms with Crippen LogP contribution in [0.3, 0.4) is 0 Å². The van der Waals surface area contributed by atoms with E-state index in [0.717, 1.165) is 0 Å². The van der Waals surface area contributed by atoms with Gasteiger partial charge in [0.1, 0.15) is 0 Å². The zero-order chi connectivity index (χ0) is 28.5. The van der Waals surface area contributed by atoms with Crippen LogP contribution in [0.15, 0.2) is 0 Å². The van der Waals surface area contributed by atoms with E-state index in [0.29, 0.717) is 0 Å². The molecule has 2 nitrogen and oxygen atoms in total. The Morgan fingerprint density at radius 2 is 0.641 bits per heavy atom. The Bertz CT molecular complexity index is 392. The molecule has 0 aliphatic carbocycles. The fourth-order valence-electron chi connectivity index (χ4n) is 5.63. The first-order valence-electron chi connectivity index (χ1n) is 18.2. The van der Waals surface area contributed by atoms with Crippen molar-refractivity contribution in [1.29, 1.82) is 0 Å². The SMILES string of the molecule is CCCCCCCCCCCCCCCCN(C)CCCN(C)CSCCCCCCCCCCCCCC. The topological polar surface area (TPSA) is 6.48 Å². The Labute approximate surface area is 253 Å². The van der Waals surface area contributed by atoms with Crippen LogP contribution in [-0.2, 0) is 0 Å². The number of nitrogens with zero attached hydrogens (tertiary/aromatic N) is 2. The Kier molecular flexibility index (Phi) is 34.7. The van der Waals surface area contributed by atoms with E-state index >= 15 is 0 Å². The largest absolute Gasteiger partial charge is 0.306 e. The van der Waals surface area contributed by atoms with Crippen molar-refractivity contribution in [2.75, 3.05) is 45.4 Å². The van der Waals surface area contributed by atoms with Crippen LogP contribution < -0.4 is 0 Å². The first-order valence-corrected chi connectivity index (χ1v) is 19.3. The minimum absolute atomic E-state index is 1.21. The van der Waals surface area contributed by atoms with Crippen molar-refractivity contribution < 1.29 is 0 Å². The van der Waals surface area contributed by atoms with Crippen LogP contribution >= 0.6 is 11.8 Å². The van der Waals surface area contributed by atoms with Gasteiger partial charge in [-0.3, -0.25) is 4.90 Å². The molecule has 0 fully saturated rings. The Morgan fingerprint density at radius 1 is 0.333 bits per heavy atom. The van der Waals surface area contributed by atoms with Gasteiger partial charge < -0.3 is 4.90 Å². The van der Waals surface area contributed by atoms with Gasteiger partial charge in [0.05, 0.1) is 0 Å². The van der Waals surface area contributed by atoms with E-state index in [1.54, 1.807) is 0 Å². The molecule has 0 aliphatic heterocycles. The molecule has 0 radical (unpaired) electrons. The summed E-state index contributed by atoms with van der Waals surface area (Å²) in [6.45, 7) is 8.40. The minimum Gasteiger partial charge on any atom is -0.306 e. The third kappa shape index (κ3) is 34.4. The smallest absolute Gasteiger partial charge is 0.0441 e. The maximum absolute atomic E-state index is 2.56. The van der Waals surface area contributed by atoms with Crippen LogP contribution in [0.4, 0.5) is 0 Å². The fraction of sp³-hybridized carbons (Fsp3) is 1.00. The summed E-state index contributed by atoms with van der Waals surface area (Å²) < 4.78 is 0. The molecule has 0 rings (SSSR count). The summed E-state index contributed by atoms with van der Waals surface area (Å²) in [5.41, 5.74) is 0. The highest BCUT2D eigenvalue weighted by Gasteiger charge is 2.02. The second-order valence-electron chi connectivity index (χ2n) is 12.8. The highest BCUT2D eigenvalue weighted by molar-refractivity contribution is 7.99. The molecule has 0 bridgehead atoms. The Hall–Kier alpha value is 0.270. The summed E-state index contributed by atoms with van der Waals surface area (Å²) in [5.74, 6) is 2.56. The predicted molar refractivity (Wildman–Crippen MR) is 183 cm³/mol. The number of hydrogen-bond acceptors (Lipinski definition) is 3. The number of hydrogen-bond donors (Lipinski definition) is 0. The summed E-state index contributed by atoms with van der Waals surface area (Å²) in [7, 11) is 4.63. The van der Waals surface area contributed by atoms with E-state index in [1.807, 2.05) is 0 Å². The molecule has 236 valence electrons. The van der Waals surface area contributed by atoms with Crippen LogP contribution in [0.25, 0.3) is 0 Å². The number of thioether (sulfide) groups is 1. The molecule has 0 spiro atoms. The van der Waals surface area contributed by atoms with Crippen LogP contribution in [0.1, 0.15) is 187 Å². The van der Waals surface area contributed by atoms with E-state index in [2.05, 4.69) is 49.5 Å². The van der Waals surface area contributed by atoms with Gasteiger partial charge in [-0.25, -0.2) is 0 Å². The van der Waals surface area contributed by atoms with E-state index < -0.39 is 0 Å². The minimum atomic E-state index is 1.21. The lowest BCUT2D eigenvalue weighted by Crippen LogP contribution is -2.26. The van der Waals surface area contributed by atoms with Crippen molar-refractivity contribution in [2.24, 2.45) is 0 Å². The summed E-state index contributed by atoms with van der Waals surface area (Å²) >= 11 is 2.15. The first kappa shape index (κ1) is 39.3. The van der Waals surface area contributed by atoms with E-state index in [9.17, 15) is 0 Å². The van der Waals surface area contributed by atoms with Gasteiger partial charge in [-0.15, -0.1) is 11.8 Å². The second-order valence-corrected chi connectivity index (χ2v) is 13.8. The molecule has 3 heteroatoms. The van der Waals surface area contributed by atoms with Crippen molar-refractivity contribution in [3.05, 3.63) is 0 Å². The maximum Gasteiger partial charge on any atom is 0.0441 e. The molecule has 0 N–H and O–H groups in total. The van der Waals surface area contributed by atoms with Gasteiger partial charge in [-0.1, -0.05) is 168 Å². The zero-order valence-electron chi connectivity index (χ0n) is 27.9. The molecule has 0 amide bonds. The highest BCUT2D eigenvalue weighted by atomic mass is 32.2. The standard InChI is InChI=1S/C36H76N2S/c1-5-7-9-11-13-15-17-19-20-21-23-25-27-29-32-37(3)33-31-34-38(4)36-39-35-30-28-26-24-22-18-16-14-12-10-8-6-2/h5-36H2,1-4H3. The molecule has 0 aromatic carbocycles. The van der Waals surface area contributed by atoms with Crippen molar-refractivity contribution in [3.8, 4) is 0 Å². The van der Waals surface area contributed by atoms with Gasteiger partial charge >= 0.3 is 0 Å². The Morgan fingerprint density at radius 3 is 1.05 bits per heavy atom. The van der Waals surface area contributed by atoms with Gasteiger partial charge in [0.2, 0.25) is 0 Å². The van der Waals surface area contributed by atoms with E-state index in [-0.39, 0.29) is 0 Å². The second kappa shape index (κ2) is 34.5. The van der Waals surface area contributed by atoms with Crippen LogP contribution in [0, 0.1) is 0 Å². The molecule has 0 atom stereocenters. The van der Waals surface area contributed by atoms with Crippen LogP contribution in [-0.4, -0.2) is 55.2 Å². The summed E-state index contributed by atoms with van der Waals surface area (Å²) in [5, 5.41) is 0. The maximum atomic E-state index is 2.56. The third-order valence-electron chi connectivity index (χ3n) is 8.43. The molecule has 0 aromatic heterocycles. The van der Waals surface area contributed by atoms with Crippen LogP contribution in [0.2, 0.25) is 0 Å². The predicted octanol–water partition coefficient (Wildman–Crippen LogP) is 12.1. The number of unbranched alkanes of at least 4 members (excludes halogenated alkanes) is 24. The molecule has 39 heavy (non-hydrogen) atoms. The number of rotatable bonds is 34. The van der Waals surface area contributed by atoms with Crippen molar-refractivity contribution >= 4 is 11.8 Å². The average molecular weight is 569 g/mol. The molecule has 0 aromatic rings. The third-order valence-corrected chi connectivity index (χ3v) is 9.63. The molecule has 0 aliphatic rings. The zero-order valence-corrected chi connectivity index (χ0v) is 28.7. The summed E-state index contributed by atoms with van der Waals surface area (Å²) in [6, 6.07) is 0. The lowest BCUT2D eigenvalue weighted by atomic mass is 10.0. The van der Waals surface area contributed by atoms with Gasteiger partial charge in [-0.2, -0.15) is 0 Å². The fourth-order valence-corrected chi connectivity index (χ4v) is 6.61. The molecule has 0 saturated carbocycles. The lowest BCUT2D eigenvalue weighted by Gasteiger charge is -2.20. The first-order chi connectivity index (χ1) is 19.2. The summed E-state index contributed by atoms with van der Waals surface area (Å²) in [4.78, 5) is 5.10. The van der Waals surface area contributed by atoms with Gasteiger partial charge in [0, 0.05) is 5.88 Å². The average Bonchev–Trinajstić information content (AvgIpc) is 2.93. The van der Waals surface area contributed by atoms with Gasteiger partial charge in [-0.05, 0) is 58.7 Å². The highest BCUT2D eigenvalue weighted by Crippen LogP contribution is 2.15. The van der Waals surface area contributed by atoms with Crippen molar-refractivity contribution in [1.82, 2.24) is 9.80 Å². The Balaban J connectivity index is 3.26.